The first-order valence-electron chi connectivity index (χ1n) is 9.59. The molecule has 0 aliphatic rings. The summed E-state index contributed by atoms with van der Waals surface area (Å²) in [5, 5.41) is 1.17. The van der Waals surface area contributed by atoms with E-state index in [4.69, 9.17) is 9.40 Å². The summed E-state index contributed by atoms with van der Waals surface area (Å²) >= 11 is 4.97. The van der Waals surface area contributed by atoms with Crippen molar-refractivity contribution < 1.29 is 9.21 Å². The number of benzene rings is 2. The average molecular weight is 455 g/mol. The van der Waals surface area contributed by atoms with Gasteiger partial charge in [0.05, 0.1) is 23.0 Å². The number of hydrogen-bond donors (Lipinski definition) is 0. The number of carbonyl (C=O) groups excluding carboxylic acids is 1. The molecule has 0 aliphatic heterocycles. The molecule has 0 spiro atoms. The Morgan fingerprint density at radius 3 is 2.60 bits per heavy atom. The van der Waals surface area contributed by atoms with Gasteiger partial charge in [-0.15, -0.1) is 23.5 Å². The summed E-state index contributed by atoms with van der Waals surface area (Å²) in [4.78, 5) is 22.3. The smallest absolute Gasteiger partial charge is 0.260 e. The molecule has 0 fully saturated rings. The molecule has 1 amide bonds. The van der Waals surface area contributed by atoms with E-state index >= 15 is 0 Å². The molecule has 0 N–H and O–H groups in total. The van der Waals surface area contributed by atoms with Crippen LogP contribution in [0.3, 0.4) is 0 Å². The Kier molecular flexibility index (Phi) is 6.51. The molecule has 0 radical (unpaired) electrons. The average Bonchev–Trinajstić information content (AvgIpc) is 3.41. The normalized spacial score (nSPS) is 11.3. The predicted molar refractivity (Wildman–Crippen MR) is 128 cm³/mol. The molecule has 154 valence electrons. The maximum absolute atomic E-state index is 13.5. The van der Waals surface area contributed by atoms with Gasteiger partial charge in [0.15, 0.2) is 5.13 Å². The van der Waals surface area contributed by atoms with Gasteiger partial charge in [0.1, 0.15) is 5.76 Å². The van der Waals surface area contributed by atoms with Gasteiger partial charge in [0.2, 0.25) is 0 Å². The van der Waals surface area contributed by atoms with Crippen molar-refractivity contribution in [2.75, 3.05) is 11.2 Å². The van der Waals surface area contributed by atoms with Crippen LogP contribution >= 0.6 is 34.9 Å². The van der Waals surface area contributed by atoms with Crippen LogP contribution in [0.2, 0.25) is 0 Å². The van der Waals surface area contributed by atoms with Gasteiger partial charge in [-0.2, -0.15) is 0 Å². The number of furan rings is 1. The summed E-state index contributed by atoms with van der Waals surface area (Å²) in [6.07, 6.45) is 3.66. The van der Waals surface area contributed by atoms with Crippen LogP contribution in [0.15, 0.2) is 75.1 Å². The molecule has 2 aromatic carbocycles. The second kappa shape index (κ2) is 9.29. The van der Waals surface area contributed by atoms with Gasteiger partial charge in [-0.05, 0) is 54.8 Å². The third-order valence-electron chi connectivity index (χ3n) is 4.43. The lowest BCUT2D eigenvalue weighted by atomic mass is 10.2. The van der Waals surface area contributed by atoms with Gasteiger partial charge in [-0.3, -0.25) is 9.69 Å². The fourth-order valence-corrected chi connectivity index (χ4v) is 5.54. The van der Waals surface area contributed by atoms with Crippen molar-refractivity contribution in [2.45, 2.75) is 35.4 Å². The van der Waals surface area contributed by atoms with Crippen LogP contribution in [0.5, 0.6) is 0 Å². The van der Waals surface area contributed by atoms with Gasteiger partial charge in [-0.1, -0.05) is 31.3 Å². The molecular formula is C23H22N2O2S3. The second-order valence-corrected chi connectivity index (χ2v) is 10.5. The molecule has 30 heavy (non-hydrogen) atoms. The minimum Gasteiger partial charge on any atom is -0.467 e. The lowest BCUT2D eigenvalue weighted by Crippen LogP contribution is -2.30. The number of para-hydroxylation sites is 1. The van der Waals surface area contributed by atoms with Crippen molar-refractivity contribution in [1.29, 1.82) is 0 Å². The first-order chi connectivity index (χ1) is 14.5. The highest BCUT2D eigenvalue weighted by atomic mass is 32.2. The Bertz CT molecular complexity index is 1140. The number of amides is 1. The number of aromatic nitrogens is 1. The molecule has 0 unspecified atom stereocenters. The van der Waals surface area contributed by atoms with Crippen LogP contribution in [-0.2, 0) is 6.54 Å². The Labute approximate surface area is 188 Å². The van der Waals surface area contributed by atoms with Crippen molar-refractivity contribution in [3.63, 3.8) is 0 Å². The zero-order chi connectivity index (χ0) is 21.1. The Morgan fingerprint density at radius 1 is 1.13 bits per heavy atom. The van der Waals surface area contributed by atoms with Gasteiger partial charge >= 0.3 is 0 Å². The van der Waals surface area contributed by atoms with E-state index in [1.54, 1.807) is 34.7 Å². The topological polar surface area (TPSA) is 46.3 Å². The van der Waals surface area contributed by atoms with E-state index in [-0.39, 0.29) is 5.91 Å². The van der Waals surface area contributed by atoms with Crippen molar-refractivity contribution in [3.8, 4) is 0 Å². The van der Waals surface area contributed by atoms with Gasteiger partial charge in [-0.25, -0.2) is 4.98 Å². The fourth-order valence-electron chi connectivity index (χ4n) is 3.08. The van der Waals surface area contributed by atoms with E-state index in [0.717, 1.165) is 25.8 Å². The lowest BCUT2D eigenvalue weighted by molar-refractivity contribution is 0.0983. The molecule has 0 saturated carbocycles. The molecular weight excluding hydrogens is 432 g/mol. The third-order valence-corrected chi connectivity index (χ3v) is 7.26. The van der Waals surface area contributed by atoms with E-state index < -0.39 is 0 Å². The summed E-state index contributed by atoms with van der Waals surface area (Å²) in [6.45, 7) is 4.65. The highest BCUT2D eigenvalue weighted by Gasteiger charge is 2.23. The largest absolute Gasteiger partial charge is 0.467 e. The summed E-state index contributed by atoms with van der Waals surface area (Å²) < 4.78 is 6.60. The van der Waals surface area contributed by atoms with E-state index in [9.17, 15) is 4.79 Å². The maximum Gasteiger partial charge on any atom is 0.260 e. The van der Waals surface area contributed by atoms with Crippen molar-refractivity contribution >= 4 is 56.1 Å². The number of thiazole rings is 1. The van der Waals surface area contributed by atoms with Crippen LogP contribution in [0.1, 0.15) is 30.0 Å². The predicted octanol–water partition coefficient (Wildman–Crippen LogP) is 6.96. The van der Waals surface area contributed by atoms with Crippen LogP contribution in [0.25, 0.3) is 10.2 Å². The summed E-state index contributed by atoms with van der Waals surface area (Å²) in [7, 11) is 0. The molecule has 4 rings (SSSR count). The summed E-state index contributed by atoms with van der Waals surface area (Å²) in [5.74, 6) is 0.636. The minimum absolute atomic E-state index is 0.0859. The molecule has 7 heteroatoms. The van der Waals surface area contributed by atoms with Gasteiger partial charge in [0.25, 0.3) is 5.91 Å². The van der Waals surface area contributed by atoms with Crippen LogP contribution in [0, 0.1) is 0 Å². The van der Waals surface area contributed by atoms with E-state index in [1.807, 2.05) is 54.8 Å². The van der Waals surface area contributed by atoms with Crippen molar-refractivity contribution in [3.05, 3.63) is 72.2 Å². The summed E-state index contributed by atoms with van der Waals surface area (Å²) in [5.41, 5.74) is 1.57. The number of rotatable bonds is 7. The Morgan fingerprint density at radius 2 is 1.93 bits per heavy atom. The molecule has 0 saturated heterocycles. The highest BCUT2D eigenvalue weighted by Crippen LogP contribution is 2.35. The van der Waals surface area contributed by atoms with E-state index in [1.165, 1.54) is 11.3 Å². The van der Waals surface area contributed by atoms with E-state index in [2.05, 4.69) is 19.9 Å². The molecule has 0 atom stereocenters. The van der Waals surface area contributed by atoms with Crippen molar-refractivity contribution in [1.82, 2.24) is 4.98 Å². The molecule has 4 aromatic rings. The number of hydrogen-bond acceptors (Lipinski definition) is 6. The maximum atomic E-state index is 13.5. The van der Waals surface area contributed by atoms with Crippen molar-refractivity contribution in [2.24, 2.45) is 0 Å². The van der Waals surface area contributed by atoms with Gasteiger partial charge in [0, 0.05) is 20.6 Å². The quantitative estimate of drug-likeness (QED) is 0.283. The molecule has 0 bridgehead atoms. The summed E-state index contributed by atoms with van der Waals surface area (Å²) in [6, 6.07) is 17.6. The number of thioether (sulfide) groups is 2. The highest BCUT2D eigenvalue weighted by molar-refractivity contribution is 8.00. The first-order valence-corrected chi connectivity index (χ1v) is 12.5. The molecule has 2 aromatic heterocycles. The fraction of sp³-hybridized carbons (Fsp3) is 0.217. The monoisotopic (exact) mass is 454 g/mol. The van der Waals surface area contributed by atoms with Crippen LogP contribution in [-0.4, -0.2) is 22.4 Å². The SMILES string of the molecule is CSc1cccc2sc(N(Cc3ccco3)C(=O)c3ccc(SC(C)C)cc3)nc12. The number of carbonyl (C=O) groups is 1. The van der Waals surface area contributed by atoms with E-state index in [0.29, 0.717) is 22.5 Å². The molecule has 0 aliphatic carbocycles. The zero-order valence-electron chi connectivity index (χ0n) is 17.0. The first kappa shape index (κ1) is 21.0. The minimum atomic E-state index is -0.0859. The van der Waals surface area contributed by atoms with Crippen LogP contribution < -0.4 is 4.90 Å². The number of anilines is 1. The van der Waals surface area contributed by atoms with Gasteiger partial charge < -0.3 is 4.42 Å². The second-order valence-electron chi connectivity index (χ2n) is 6.97. The number of nitrogens with zero attached hydrogens (tertiary/aromatic N) is 2. The number of fused-ring (bicyclic) bond motifs is 1. The molecule has 4 nitrogen and oxygen atoms in total. The Balaban J connectivity index is 1.70. The Hall–Kier alpha value is -2.22. The van der Waals surface area contributed by atoms with Crippen LogP contribution in [0.4, 0.5) is 5.13 Å². The third kappa shape index (κ3) is 4.58. The zero-order valence-corrected chi connectivity index (χ0v) is 19.4. The lowest BCUT2D eigenvalue weighted by Gasteiger charge is -2.19. The standard InChI is InChI=1S/C23H22N2O2S3/c1-15(2)29-18-11-9-16(10-12-18)22(26)25(14-17-6-5-13-27-17)23-24-21-19(28-3)7-4-8-20(21)30-23/h4-13,15H,14H2,1-3H3. The molecule has 2 heterocycles.